The second-order valence-corrected chi connectivity index (χ2v) is 5.75. The molecular formula is C15H19ClN2O. The fourth-order valence-corrected chi connectivity index (χ4v) is 2.84. The first-order chi connectivity index (χ1) is 9.22. The number of hydrogen-bond donors (Lipinski definition) is 0. The molecule has 19 heavy (non-hydrogen) atoms. The third-order valence-electron chi connectivity index (χ3n) is 3.81. The van der Waals surface area contributed by atoms with Crippen LogP contribution in [0.25, 0.3) is 11.0 Å². The molecule has 1 aliphatic carbocycles. The van der Waals surface area contributed by atoms with Crippen LogP contribution in [0.15, 0.2) is 18.2 Å². The van der Waals surface area contributed by atoms with E-state index < -0.39 is 0 Å². The van der Waals surface area contributed by atoms with Crippen LogP contribution in [0, 0.1) is 0 Å². The van der Waals surface area contributed by atoms with Crippen molar-refractivity contribution in [2.75, 3.05) is 6.61 Å². The van der Waals surface area contributed by atoms with Gasteiger partial charge in [0.2, 0.25) is 0 Å². The molecule has 1 atom stereocenters. The number of ether oxygens (including phenoxy) is 1. The summed E-state index contributed by atoms with van der Waals surface area (Å²) >= 11 is 6.31. The van der Waals surface area contributed by atoms with E-state index in [-0.39, 0.29) is 5.38 Å². The smallest absolute Gasteiger partial charge is 0.147 e. The van der Waals surface area contributed by atoms with E-state index in [1.807, 2.05) is 26.0 Å². The van der Waals surface area contributed by atoms with Gasteiger partial charge in [-0.15, -0.1) is 11.6 Å². The Balaban J connectivity index is 2.19. The van der Waals surface area contributed by atoms with Crippen LogP contribution in [0.2, 0.25) is 0 Å². The van der Waals surface area contributed by atoms with E-state index in [2.05, 4.69) is 10.6 Å². The molecule has 0 radical (unpaired) electrons. The Morgan fingerprint density at radius 2 is 2.26 bits per heavy atom. The van der Waals surface area contributed by atoms with E-state index in [9.17, 15) is 0 Å². The molecule has 0 aliphatic heterocycles. The van der Waals surface area contributed by atoms with Crippen LogP contribution >= 0.6 is 11.6 Å². The van der Waals surface area contributed by atoms with Gasteiger partial charge in [0.1, 0.15) is 17.1 Å². The summed E-state index contributed by atoms with van der Waals surface area (Å²) in [7, 11) is 0. The molecule has 3 rings (SSSR count). The first-order valence-electron chi connectivity index (χ1n) is 7.00. The van der Waals surface area contributed by atoms with Gasteiger partial charge in [-0.05, 0) is 45.2 Å². The summed E-state index contributed by atoms with van der Waals surface area (Å²) in [6.07, 6.45) is 3.74. The van der Waals surface area contributed by atoms with E-state index in [0.29, 0.717) is 12.6 Å². The Labute approximate surface area is 118 Å². The SMILES string of the molecule is CCOc1cccc2c1nc(C(C)Cl)n2C1CCC1. The molecule has 0 bridgehead atoms. The van der Waals surface area contributed by atoms with Crippen LogP contribution in [0.5, 0.6) is 5.75 Å². The summed E-state index contributed by atoms with van der Waals surface area (Å²) in [4.78, 5) is 4.74. The van der Waals surface area contributed by atoms with Crippen LogP contribution < -0.4 is 4.74 Å². The lowest BCUT2D eigenvalue weighted by Crippen LogP contribution is -2.19. The van der Waals surface area contributed by atoms with Gasteiger partial charge in [-0.2, -0.15) is 0 Å². The Morgan fingerprint density at radius 3 is 2.84 bits per heavy atom. The van der Waals surface area contributed by atoms with Crippen molar-refractivity contribution >= 4 is 22.6 Å². The van der Waals surface area contributed by atoms with Crippen molar-refractivity contribution in [3.8, 4) is 5.75 Å². The maximum atomic E-state index is 6.31. The average Bonchev–Trinajstić information content (AvgIpc) is 2.69. The number of imidazole rings is 1. The zero-order valence-corrected chi connectivity index (χ0v) is 12.2. The third-order valence-corrected chi connectivity index (χ3v) is 4.00. The van der Waals surface area contributed by atoms with Crippen molar-refractivity contribution in [3.05, 3.63) is 24.0 Å². The highest BCUT2D eigenvalue weighted by Gasteiger charge is 2.27. The summed E-state index contributed by atoms with van der Waals surface area (Å²) in [5, 5.41) is -0.0810. The van der Waals surface area contributed by atoms with Crippen molar-refractivity contribution < 1.29 is 4.74 Å². The topological polar surface area (TPSA) is 27.1 Å². The predicted octanol–water partition coefficient (Wildman–Crippen LogP) is 4.46. The van der Waals surface area contributed by atoms with Crippen molar-refractivity contribution in [2.45, 2.75) is 44.5 Å². The molecule has 102 valence electrons. The maximum Gasteiger partial charge on any atom is 0.147 e. The van der Waals surface area contributed by atoms with Crippen molar-refractivity contribution in [1.82, 2.24) is 9.55 Å². The highest BCUT2D eigenvalue weighted by atomic mass is 35.5. The maximum absolute atomic E-state index is 6.31. The number of benzene rings is 1. The second kappa shape index (κ2) is 5.04. The van der Waals surface area contributed by atoms with Crippen molar-refractivity contribution in [3.63, 3.8) is 0 Å². The number of nitrogens with zero attached hydrogens (tertiary/aromatic N) is 2. The number of alkyl halides is 1. The molecule has 1 heterocycles. The number of aromatic nitrogens is 2. The Kier molecular flexibility index (Phi) is 3.40. The Bertz CT molecular complexity index is 587. The summed E-state index contributed by atoms with van der Waals surface area (Å²) in [5.41, 5.74) is 2.09. The number of rotatable bonds is 4. The minimum absolute atomic E-state index is 0.0810. The van der Waals surface area contributed by atoms with Crippen LogP contribution in [0.4, 0.5) is 0 Å². The number of halogens is 1. The van der Waals surface area contributed by atoms with E-state index in [0.717, 1.165) is 22.6 Å². The van der Waals surface area contributed by atoms with E-state index in [4.69, 9.17) is 21.3 Å². The second-order valence-electron chi connectivity index (χ2n) is 5.10. The molecule has 1 saturated carbocycles. The number of fused-ring (bicyclic) bond motifs is 1. The molecule has 2 aromatic rings. The quantitative estimate of drug-likeness (QED) is 0.772. The van der Waals surface area contributed by atoms with Gasteiger partial charge in [-0.1, -0.05) is 6.07 Å². The van der Waals surface area contributed by atoms with Crippen molar-refractivity contribution in [2.24, 2.45) is 0 Å². The molecule has 1 aromatic heterocycles. The van der Waals surface area contributed by atoms with E-state index in [1.54, 1.807) is 0 Å². The monoisotopic (exact) mass is 278 g/mol. The molecule has 3 nitrogen and oxygen atoms in total. The molecule has 0 saturated heterocycles. The van der Waals surface area contributed by atoms with Crippen molar-refractivity contribution in [1.29, 1.82) is 0 Å². The zero-order valence-electron chi connectivity index (χ0n) is 11.4. The lowest BCUT2D eigenvalue weighted by atomic mass is 9.92. The first-order valence-corrected chi connectivity index (χ1v) is 7.43. The Hall–Kier alpha value is -1.22. The summed E-state index contributed by atoms with van der Waals surface area (Å²) in [6, 6.07) is 6.68. The fourth-order valence-electron chi connectivity index (χ4n) is 2.69. The summed E-state index contributed by atoms with van der Waals surface area (Å²) in [5.74, 6) is 1.82. The van der Waals surface area contributed by atoms with Gasteiger partial charge in [0, 0.05) is 6.04 Å². The number of para-hydroxylation sites is 1. The van der Waals surface area contributed by atoms with E-state index >= 15 is 0 Å². The van der Waals surface area contributed by atoms with Crippen LogP contribution in [0.1, 0.15) is 50.4 Å². The molecule has 1 unspecified atom stereocenters. The molecule has 4 heteroatoms. The fraction of sp³-hybridized carbons (Fsp3) is 0.533. The predicted molar refractivity (Wildman–Crippen MR) is 78.1 cm³/mol. The van der Waals surface area contributed by atoms with E-state index in [1.165, 1.54) is 19.3 Å². The first kappa shape index (κ1) is 12.8. The zero-order chi connectivity index (χ0) is 13.4. The van der Waals surface area contributed by atoms with Crippen LogP contribution in [0.3, 0.4) is 0 Å². The minimum Gasteiger partial charge on any atom is -0.492 e. The van der Waals surface area contributed by atoms with Crippen LogP contribution in [-0.2, 0) is 0 Å². The van der Waals surface area contributed by atoms with Gasteiger partial charge >= 0.3 is 0 Å². The lowest BCUT2D eigenvalue weighted by molar-refractivity contribution is 0.313. The molecule has 0 spiro atoms. The van der Waals surface area contributed by atoms with Gasteiger partial charge in [0.15, 0.2) is 0 Å². The van der Waals surface area contributed by atoms with Gasteiger partial charge < -0.3 is 9.30 Å². The lowest BCUT2D eigenvalue weighted by Gasteiger charge is -2.29. The van der Waals surface area contributed by atoms with Gasteiger partial charge in [0.25, 0.3) is 0 Å². The minimum atomic E-state index is -0.0810. The highest BCUT2D eigenvalue weighted by Crippen LogP contribution is 2.39. The largest absolute Gasteiger partial charge is 0.492 e. The summed E-state index contributed by atoms with van der Waals surface area (Å²) in [6.45, 7) is 4.63. The molecule has 1 aromatic carbocycles. The molecule has 1 aliphatic rings. The van der Waals surface area contributed by atoms with Gasteiger partial charge in [-0.25, -0.2) is 4.98 Å². The highest BCUT2D eigenvalue weighted by molar-refractivity contribution is 6.20. The standard InChI is InChI=1S/C15H19ClN2O/c1-3-19-13-9-5-8-12-14(13)17-15(10(2)16)18(12)11-6-4-7-11/h5,8-11H,3-4,6-7H2,1-2H3. The average molecular weight is 279 g/mol. The third kappa shape index (κ3) is 2.10. The van der Waals surface area contributed by atoms with Gasteiger partial charge in [-0.3, -0.25) is 0 Å². The molecular weight excluding hydrogens is 260 g/mol. The Morgan fingerprint density at radius 1 is 1.47 bits per heavy atom. The molecule has 0 N–H and O–H groups in total. The van der Waals surface area contributed by atoms with Crippen LogP contribution in [-0.4, -0.2) is 16.2 Å². The molecule has 1 fully saturated rings. The number of hydrogen-bond acceptors (Lipinski definition) is 2. The normalized spacial score (nSPS) is 17.4. The molecule has 0 amide bonds. The summed E-state index contributed by atoms with van der Waals surface area (Å²) < 4.78 is 8.00. The van der Waals surface area contributed by atoms with Gasteiger partial charge in [0.05, 0.1) is 17.5 Å².